The third kappa shape index (κ3) is 4.26. The van der Waals surface area contributed by atoms with Gasteiger partial charge in [0, 0.05) is 6.54 Å². The minimum absolute atomic E-state index is 0.222. The Balaban J connectivity index is 1.66. The van der Waals surface area contributed by atoms with Crippen molar-refractivity contribution in [2.75, 3.05) is 18.5 Å². The summed E-state index contributed by atoms with van der Waals surface area (Å²) < 4.78 is 10.0. The average Bonchev–Trinajstić information content (AvgIpc) is 3.06. The first kappa shape index (κ1) is 13.9. The minimum atomic E-state index is -0.440. The number of rotatable bonds is 7. The Labute approximate surface area is 113 Å². The summed E-state index contributed by atoms with van der Waals surface area (Å²) in [6.07, 6.45) is 9.25. The molecule has 1 fully saturated rings. The van der Waals surface area contributed by atoms with Gasteiger partial charge in [-0.15, -0.1) is 0 Å². The number of oxazole rings is 1. The number of hydrogen-bond donors (Lipinski definition) is 1. The second kappa shape index (κ2) is 7.16. The van der Waals surface area contributed by atoms with Crippen LogP contribution < -0.4 is 5.32 Å². The van der Waals surface area contributed by atoms with E-state index < -0.39 is 5.97 Å². The predicted molar refractivity (Wildman–Crippen MR) is 72.1 cm³/mol. The fourth-order valence-electron chi connectivity index (χ4n) is 2.54. The van der Waals surface area contributed by atoms with Crippen LogP contribution in [0.5, 0.6) is 0 Å². The van der Waals surface area contributed by atoms with Crippen molar-refractivity contribution in [3.63, 3.8) is 0 Å². The summed E-state index contributed by atoms with van der Waals surface area (Å²) in [6, 6.07) is 0.398. The molecule has 106 valence electrons. The molecule has 1 aliphatic carbocycles. The van der Waals surface area contributed by atoms with Gasteiger partial charge in [0.2, 0.25) is 0 Å². The van der Waals surface area contributed by atoms with E-state index in [2.05, 4.69) is 10.3 Å². The summed E-state index contributed by atoms with van der Waals surface area (Å²) in [5.41, 5.74) is 0.222. The van der Waals surface area contributed by atoms with Gasteiger partial charge in [-0.2, -0.15) is 4.98 Å². The average molecular weight is 266 g/mol. The first-order valence-corrected chi connectivity index (χ1v) is 7.16. The number of hydrogen-bond acceptors (Lipinski definition) is 5. The number of ether oxygens (including phenoxy) is 1. The normalized spacial score (nSPS) is 15.6. The van der Waals surface area contributed by atoms with Crippen molar-refractivity contribution in [2.24, 2.45) is 5.92 Å². The Morgan fingerprint density at radius 1 is 1.53 bits per heavy atom. The number of nitrogens with one attached hydrogen (secondary N) is 1. The van der Waals surface area contributed by atoms with Gasteiger partial charge in [0.1, 0.15) is 6.26 Å². The fourth-order valence-corrected chi connectivity index (χ4v) is 2.54. The summed E-state index contributed by atoms with van der Waals surface area (Å²) in [5, 5.41) is 3.10. The van der Waals surface area contributed by atoms with Crippen LogP contribution in [0.15, 0.2) is 10.7 Å². The smallest absolute Gasteiger partial charge is 0.360 e. The maximum atomic E-state index is 11.4. The number of carbonyl (C=O) groups is 1. The molecule has 0 radical (unpaired) electrons. The third-order valence-electron chi connectivity index (χ3n) is 3.53. The molecule has 5 heteroatoms. The molecule has 19 heavy (non-hydrogen) atoms. The zero-order chi connectivity index (χ0) is 13.5. The van der Waals surface area contributed by atoms with Crippen LogP contribution in [0.1, 0.15) is 55.9 Å². The van der Waals surface area contributed by atoms with Crippen molar-refractivity contribution in [1.82, 2.24) is 4.98 Å². The Morgan fingerprint density at radius 2 is 2.32 bits per heavy atom. The molecule has 0 spiro atoms. The second-order valence-electron chi connectivity index (χ2n) is 4.98. The molecule has 0 unspecified atom stereocenters. The van der Waals surface area contributed by atoms with Gasteiger partial charge in [-0.05, 0) is 25.7 Å². The van der Waals surface area contributed by atoms with Gasteiger partial charge in [-0.25, -0.2) is 4.79 Å². The van der Waals surface area contributed by atoms with Gasteiger partial charge in [0.05, 0.1) is 6.61 Å². The van der Waals surface area contributed by atoms with Crippen LogP contribution in [0.25, 0.3) is 0 Å². The van der Waals surface area contributed by atoms with Crippen molar-refractivity contribution in [3.05, 3.63) is 12.0 Å². The van der Waals surface area contributed by atoms with E-state index in [1.807, 2.05) is 0 Å². The van der Waals surface area contributed by atoms with Crippen LogP contribution >= 0.6 is 0 Å². The van der Waals surface area contributed by atoms with Gasteiger partial charge < -0.3 is 14.5 Å². The van der Waals surface area contributed by atoms with Crippen molar-refractivity contribution >= 4 is 12.0 Å². The van der Waals surface area contributed by atoms with E-state index in [-0.39, 0.29) is 5.69 Å². The highest BCUT2D eigenvalue weighted by molar-refractivity contribution is 5.87. The zero-order valence-corrected chi connectivity index (χ0v) is 11.5. The lowest BCUT2D eigenvalue weighted by molar-refractivity contribution is 0.0519. The summed E-state index contributed by atoms with van der Waals surface area (Å²) >= 11 is 0. The van der Waals surface area contributed by atoms with E-state index in [1.54, 1.807) is 6.92 Å². The fraction of sp³-hybridized carbons (Fsp3) is 0.714. The van der Waals surface area contributed by atoms with Crippen LogP contribution in [0.3, 0.4) is 0 Å². The van der Waals surface area contributed by atoms with Gasteiger partial charge in [0.15, 0.2) is 5.69 Å². The lowest BCUT2D eigenvalue weighted by Gasteiger charge is -2.07. The lowest BCUT2D eigenvalue weighted by atomic mass is 10.0. The number of nitrogens with zero attached hydrogens (tertiary/aromatic N) is 1. The number of anilines is 1. The Bertz CT molecular complexity index is 397. The predicted octanol–water partition coefficient (Wildman–Crippen LogP) is 3.23. The molecule has 0 amide bonds. The molecule has 0 atom stereocenters. The molecule has 2 rings (SSSR count). The third-order valence-corrected chi connectivity index (χ3v) is 3.53. The highest BCUT2D eigenvalue weighted by Crippen LogP contribution is 2.28. The summed E-state index contributed by atoms with van der Waals surface area (Å²) in [5.74, 6) is 0.465. The maximum absolute atomic E-state index is 11.4. The molecule has 0 aromatic carbocycles. The topological polar surface area (TPSA) is 64.4 Å². The number of esters is 1. The van der Waals surface area contributed by atoms with Crippen molar-refractivity contribution in [1.29, 1.82) is 0 Å². The standard InChI is InChI=1S/C14H22N2O3/c1-2-18-13(17)12-10-19-14(16-12)15-9-5-8-11-6-3-4-7-11/h10-11H,2-9H2,1H3,(H,15,16). The molecule has 0 aliphatic heterocycles. The first-order chi connectivity index (χ1) is 9.29. The van der Waals surface area contributed by atoms with E-state index in [0.29, 0.717) is 12.6 Å². The highest BCUT2D eigenvalue weighted by atomic mass is 16.5. The molecule has 1 aromatic heterocycles. The minimum Gasteiger partial charge on any atom is -0.461 e. The molecule has 1 heterocycles. The van der Waals surface area contributed by atoms with Crippen LogP contribution in [-0.2, 0) is 4.74 Å². The van der Waals surface area contributed by atoms with Crippen molar-refractivity contribution in [3.8, 4) is 0 Å². The van der Waals surface area contributed by atoms with Gasteiger partial charge in [-0.1, -0.05) is 25.7 Å². The second-order valence-corrected chi connectivity index (χ2v) is 4.98. The van der Waals surface area contributed by atoms with Crippen LogP contribution in [-0.4, -0.2) is 24.1 Å². The molecule has 0 saturated heterocycles. The van der Waals surface area contributed by atoms with E-state index in [9.17, 15) is 4.79 Å². The van der Waals surface area contributed by atoms with E-state index in [1.165, 1.54) is 38.4 Å². The van der Waals surface area contributed by atoms with Crippen molar-refractivity contribution in [2.45, 2.75) is 45.4 Å². The number of carbonyl (C=O) groups excluding carboxylic acids is 1. The Morgan fingerprint density at radius 3 is 3.05 bits per heavy atom. The molecule has 1 aromatic rings. The largest absolute Gasteiger partial charge is 0.461 e. The SMILES string of the molecule is CCOC(=O)c1coc(NCCCC2CCCC2)n1. The summed E-state index contributed by atoms with van der Waals surface area (Å²) in [7, 11) is 0. The highest BCUT2D eigenvalue weighted by Gasteiger charge is 2.15. The van der Waals surface area contributed by atoms with E-state index >= 15 is 0 Å². The van der Waals surface area contributed by atoms with Crippen LogP contribution in [0.2, 0.25) is 0 Å². The quantitative estimate of drug-likeness (QED) is 0.606. The molecule has 1 aliphatic rings. The van der Waals surface area contributed by atoms with E-state index in [0.717, 1.165) is 18.9 Å². The first-order valence-electron chi connectivity index (χ1n) is 7.16. The van der Waals surface area contributed by atoms with Gasteiger partial charge in [0.25, 0.3) is 6.01 Å². The van der Waals surface area contributed by atoms with Crippen molar-refractivity contribution < 1.29 is 13.9 Å². The Hall–Kier alpha value is -1.52. The molecular weight excluding hydrogens is 244 g/mol. The van der Waals surface area contributed by atoms with Crippen LogP contribution in [0, 0.1) is 5.92 Å². The van der Waals surface area contributed by atoms with Gasteiger partial charge >= 0.3 is 5.97 Å². The van der Waals surface area contributed by atoms with E-state index in [4.69, 9.17) is 9.15 Å². The maximum Gasteiger partial charge on any atom is 0.360 e. The monoisotopic (exact) mass is 266 g/mol. The lowest BCUT2D eigenvalue weighted by Crippen LogP contribution is -2.07. The number of aromatic nitrogens is 1. The molecule has 0 bridgehead atoms. The van der Waals surface area contributed by atoms with Gasteiger partial charge in [-0.3, -0.25) is 0 Å². The molecular formula is C14H22N2O3. The zero-order valence-electron chi connectivity index (χ0n) is 11.5. The summed E-state index contributed by atoms with van der Waals surface area (Å²) in [6.45, 7) is 2.94. The molecule has 1 N–H and O–H groups in total. The molecule has 5 nitrogen and oxygen atoms in total. The molecule has 1 saturated carbocycles. The van der Waals surface area contributed by atoms with Crippen LogP contribution in [0.4, 0.5) is 6.01 Å². The Kier molecular flexibility index (Phi) is 5.24. The summed E-state index contributed by atoms with van der Waals surface area (Å²) in [4.78, 5) is 15.4.